The van der Waals surface area contributed by atoms with Crippen LogP contribution < -0.4 is 5.32 Å². The lowest BCUT2D eigenvalue weighted by Crippen LogP contribution is -2.23. The normalized spacial score (nSPS) is 42.2. The van der Waals surface area contributed by atoms with E-state index in [1.807, 2.05) is 0 Å². The van der Waals surface area contributed by atoms with E-state index in [9.17, 15) is 5.11 Å². The molecular weight excluding hydrogens is 150 g/mol. The van der Waals surface area contributed by atoms with Gasteiger partial charge in [-0.25, -0.2) is 0 Å². The molecule has 1 aliphatic heterocycles. The third kappa shape index (κ3) is 1.99. The smallest absolute Gasteiger partial charge is 0.0543 e. The van der Waals surface area contributed by atoms with Crippen LogP contribution in [0.3, 0.4) is 0 Å². The van der Waals surface area contributed by atoms with Gasteiger partial charge >= 0.3 is 0 Å². The summed E-state index contributed by atoms with van der Waals surface area (Å²) in [5.74, 6) is 0.801. The maximum Gasteiger partial charge on any atom is 0.0543 e. The first kappa shape index (κ1) is 8.52. The number of aliphatic hydroxyl groups excluding tert-OH is 1. The number of hydrogen-bond donors (Lipinski definition) is 2. The summed E-state index contributed by atoms with van der Waals surface area (Å²) in [5, 5.41) is 12.9. The Morgan fingerprint density at radius 2 is 2.17 bits per heavy atom. The van der Waals surface area contributed by atoms with Gasteiger partial charge in [-0.15, -0.1) is 0 Å². The third-order valence-electron chi connectivity index (χ3n) is 3.29. The Hall–Kier alpha value is -0.0800. The molecule has 0 aromatic heterocycles. The molecule has 0 bridgehead atoms. The van der Waals surface area contributed by atoms with Crippen LogP contribution >= 0.6 is 0 Å². The van der Waals surface area contributed by atoms with Gasteiger partial charge in [-0.1, -0.05) is 0 Å². The lowest BCUT2D eigenvalue weighted by atomic mass is 9.97. The molecule has 3 unspecified atom stereocenters. The molecule has 2 rings (SSSR count). The van der Waals surface area contributed by atoms with E-state index >= 15 is 0 Å². The van der Waals surface area contributed by atoms with Crippen LogP contribution in [0.25, 0.3) is 0 Å². The molecule has 2 fully saturated rings. The Morgan fingerprint density at radius 3 is 2.75 bits per heavy atom. The minimum Gasteiger partial charge on any atom is -0.393 e. The molecule has 2 heteroatoms. The predicted molar refractivity (Wildman–Crippen MR) is 49.0 cm³/mol. The van der Waals surface area contributed by atoms with Crippen molar-refractivity contribution in [2.75, 3.05) is 6.54 Å². The monoisotopic (exact) mass is 169 g/mol. The van der Waals surface area contributed by atoms with Gasteiger partial charge in [-0.05, 0) is 51.0 Å². The van der Waals surface area contributed by atoms with E-state index in [4.69, 9.17) is 0 Å². The summed E-state index contributed by atoms with van der Waals surface area (Å²) in [4.78, 5) is 0. The van der Waals surface area contributed by atoms with Gasteiger partial charge in [0.1, 0.15) is 0 Å². The van der Waals surface area contributed by atoms with E-state index in [0.717, 1.165) is 24.8 Å². The van der Waals surface area contributed by atoms with E-state index < -0.39 is 0 Å². The molecular formula is C10H19NO. The van der Waals surface area contributed by atoms with Crippen molar-refractivity contribution in [2.24, 2.45) is 5.92 Å². The molecule has 0 aromatic carbocycles. The Bertz CT molecular complexity index is 143. The van der Waals surface area contributed by atoms with Crippen LogP contribution in [0.5, 0.6) is 0 Å². The summed E-state index contributed by atoms with van der Waals surface area (Å²) < 4.78 is 0. The van der Waals surface area contributed by atoms with Crippen molar-refractivity contribution < 1.29 is 5.11 Å². The largest absolute Gasteiger partial charge is 0.393 e. The molecule has 2 aliphatic rings. The summed E-state index contributed by atoms with van der Waals surface area (Å²) in [6.45, 7) is 1.21. The first-order valence-electron chi connectivity index (χ1n) is 5.26. The molecule has 0 amide bonds. The second kappa shape index (κ2) is 3.75. The number of aliphatic hydroxyl groups is 1. The first-order chi connectivity index (χ1) is 5.84. The average Bonchev–Trinajstić information content (AvgIpc) is 2.63. The molecule has 1 heterocycles. The quantitative estimate of drug-likeness (QED) is 0.653. The maximum absolute atomic E-state index is 9.35. The third-order valence-corrected chi connectivity index (χ3v) is 3.29. The van der Waals surface area contributed by atoms with Crippen LogP contribution in [0.15, 0.2) is 0 Å². The van der Waals surface area contributed by atoms with Crippen molar-refractivity contribution in [3.63, 3.8) is 0 Å². The van der Waals surface area contributed by atoms with Crippen LogP contribution in [0.1, 0.15) is 38.5 Å². The summed E-state index contributed by atoms with van der Waals surface area (Å²) in [6, 6.07) is 0.764. The van der Waals surface area contributed by atoms with Gasteiger partial charge in [0.2, 0.25) is 0 Å². The van der Waals surface area contributed by atoms with Gasteiger partial charge in [-0.2, -0.15) is 0 Å². The van der Waals surface area contributed by atoms with Crippen molar-refractivity contribution in [1.82, 2.24) is 5.32 Å². The zero-order valence-corrected chi connectivity index (χ0v) is 7.63. The number of rotatable bonds is 2. The molecule has 70 valence electrons. The topological polar surface area (TPSA) is 32.3 Å². The van der Waals surface area contributed by atoms with E-state index in [-0.39, 0.29) is 6.10 Å². The van der Waals surface area contributed by atoms with Gasteiger partial charge in [0.25, 0.3) is 0 Å². The van der Waals surface area contributed by atoms with Crippen LogP contribution in [-0.4, -0.2) is 23.8 Å². The molecule has 1 saturated heterocycles. The van der Waals surface area contributed by atoms with Gasteiger partial charge < -0.3 is 10.4 Å². The summed E-state index contributed by atoms with van der Waals surface area (Å²) >= 11 is 0. The Kier molecular flexibility index (Phi) is 2.66. The summed E-state index contributed by atoms with van der Waals surface area (Å²) in [7, 11) is 0. The summed E-state index contributed by atoms with van der Waals surface area (Å²) in [6.07, 6.45) is 7.36. The van der Waals surface area contributed by atoms with Gasteiger partial charge in [0.15, 0.2) is 0 Å². The number of nitrogens with one attached hydrogen (secondary N) is 1. The van der Waals surface area contributed by atoms with E-state index in [2.05, 4.69) is 5.32 Å². The zero-order valence-electron chi connectivity index (χ0n) is 7.63. The zero-order chi connectivity index (χ0) is 8.39. The molecule has 2 N–H and O–H groups in total. The molecule has 0 aromatic rings. The van der Waals surface area contributed by atoms with Crippen LogP contribution in [0.2, 0.25) is 0 Å². The molecule has 0 radical (unpaired) electrons. The molecule has 2 nitrogen and oxygen atoms in total. The Labute approximate surface area is 74.4 Å². The maximum atomic E-state index is 9.35. The molecule has 1 saturated carbocycles. The molecule has 12 heavy (non-hydrogen) atoms. The van der Waals surface area contributed by atoms with Crippen molar-refractivity contribution in [3.05, 3.63) is 0 Å². The lowest BCUT2D eigenvalue weighted by Gasteiger charge is -2.15. The van der Waals surface area contributed by atoms with Gasteiger partial charge in [0.05, 0.1) is 6.10 Å². The Balaban J connectivity index is 1.72. The highest BCUT2D eigenvalue weighted by atomic mass is 16.3. The fraction of sp³-hybridized carbons (Fsp3) is 1.00. The molecule has 0 spiro atoms. The van der Waals surface area contributed by atoms with Gasteiger partial charge in [0, 0.05) is 6.04 Å². The fourth-order valence-electron chi connectivity index (χ4n) is 2.62. The van der Waals surface area contributed by atoms with E-state index in [1.165, 1.54) is 32.2 Å². The Morgan fingerprint density at radius 1 is 1.25 bits per heavy atom. The SMILES string of the molecule is OC1CCC(CC2CCCN2)C1. The van der Waals surface area contributed by atoms with Crippen molar-refractivity contribution in [3.8, 4) is 0 Å². The highest BCUT2D eigenvalue weighted by Crippen LogP contribution is 2.30. The number of hydrogen-bond acceptors (Lipinski definition) is 2. The van der Waals surface area contributed by atoms with Crippen LogP contribution in [-0.2, 0) is 0 Å². The van der Waals surface area contributed by atoms with Crippen LogP contribution in [0.4, 0.5) is 0 Å². The minimum absolute atomic E-state index is 0.0106. The van der Waals surface area contributed by atoms with E-state index in [1.54, 1.807) is 0 Å². The molecule has 3 atom stereocenters. The van der Waals surface area contributed by atoms with Crippen molar-refractivity contribution in [1.29, 1.82) is 0 Å². The van der Waals surface area contributed by atoms with Crippen LogP contribution in [0, 0.1) is 5.92 Å². The second-order valence-corrected chi connectivity index (χ2v) is 4.36. The van der Waals surface area contributed by atoms with Crippen molar-refractivity contribution in [2.45, 2.75) is 50.7 Å². The van der Waals surface area contributed by atoms with Crippen molar-refractivity contribution >= 4 is 0 Å². The highest BCUT2D eigenvalue weighted by Gasteiger charge is 2.26. The van der Waals surface area contributed by atoms with E-state index in [0.29, 0.717) is 0 Å². The average molecular weight is 169 g/mol. The standard InChI is InChI=1S/C10H19NO/c12-10-4-3-8(7-10)6-9-2-1-5-11-9/h8-12H,1-7H2. The minimum atomic E-state index is 0.0106. The lowest BCUT2D eigenvalue weighted by molar-refractivity contribution is 0.176. The predicted octanol–water partition coefficient (Wildman–Crippen LogP) is 1.29. The first-order valence-corrected chi connectivity index (χ1v) is 5.26. The second-order valence-electron chi connectivity index (χ2n) is 4.36. The summed E-state index contributed by atoms with van der Waals surface area (Å²) in [5.41, 5.74) is 0. The molecule has 1 aliphatic carbocycles. The highest BCUT2D eigenvalue weighted by molar-refractivity contribution is 4.82. The fourth-order valence-corrected chi connectivity index (χ4v) is 2.62. The van der Waals surface area contributed by atoms with Gasteiger partial charge in [-0.3, -0.25) is 0 Å².